The van der Waals surface area contributed by atoms with Crippen LogP contribution >= 0.6 is 0 Å². The number of hydrogen-bond donors (Lipinski definition) is 6. The number of rotatable bonds is 13. The second-order valence-electron chi connectivity index (χ2n) is 20.2. The van der Waals surface area contributed by atoms with Gasteiger partial charge in [-0.05, 0) is 151 Å². The maximum Gasteiger partial charge on any atom is 0.161 e. The van der Waals surface area contributed by atoms with Crippen LogP contribution in [0.1, 0.15) is 102 Å². The maximum absolute atomic E-state index is 11.6. The molecule has 0 saturated carbocycles. The molecule has 1 saturated heterocycles. The molecule has 1 aliphatic carbocycles. The molecule has 0 radical (unpaired) electrons. The number of dihydropyridines is 1. The number of aromatic nitrogens is 1. The lowest BCUT2D eigenvalue weighted by atomic mass is 9.57. The third-order valence-corrected chi connectivity index (χ3v) is 15.4. The van der Waals surface area contributed by atoms with Gasteiger partial charge in [-0.25, -0.2) is 0 Å². The van der Waals surface area contributed by atoms with Crippen LogP contribution in [0.3, 0.4) is 0 Å². The van der Waals surface area contributed by atoms with Crippen LogP contribution in [-0.4, -0.2) is 77.0 Å². The molecule has 0 spiro atoms. The summed E-state index contributed by atoms with van der Waals surface area (Å²) in [6, 6.07) is 32.3. The highest BCUT2D eigenvalue weighted by Crippen LogP contribution is 2.52. The number of hydrogen-bond acceptors (Lipinski definition) is 10. The second kappa shape index (κ2) is 22.1. The van der Waals surface area contributed by atoms with Gasteiger partial charge in [0.2, 0.25) is 0 Å². The molecule has 0 amide bonds. The number of benzene rings is 5. The predicted molar refractivity (Wildman–Crippen MR) is 278 cm³/mol. The Bertz CT molecular complexity index is 2870. The minimum absolute atomic E-state index is 0.0896. The van der Waals surface area contributed by atoms with Crippen LogP contribution in [-0.2, 0) is 51.9 Å². The van der Waals surface area contributed by atoms with E-state index >= 15 is 0 Å². The van der Waals surface area contributed by atoms with E-state index in [1.54, 1.807) is 31.4 Å². The van der Waals surface area contributed by atoms with Gasteiger partial charge in [0.15, 0.2) is 11.5 Å². The predicted octanol–water partition coefficient (Wildman–Crippen LogP) is 10.3. The molecule has 372 valence electrons. The molecular weight excluding hydrogens is 891 g/mol. The van der Waals surface area contributed by atoms with Gasteiger partial charge in [-0.1, -0.05) is 86.0 Å². The SMILES string of the molecule is COCNC1C=CC2=C(N1)n1cc3cc(C45CCOCC4CCc4ccccc45)cc(c3c1)COc1cc(ccc1O)CCC(O)CC(CCCCCCc1ccc(O)c(Cc3cccc(O)c3)c1)OC2. The Morgan fingerprint density at radius 2 is 1.72 bits per heavy atom. The summed E-state index contributed by atoms with van der Waals surface area (Å²) < 4.78 is 27.3. The number of fused-ring (bicyclic) bond motifs is 7. The van der Waals surface area contributed by atoms with Crippen molar-refractivity contribution in [1.29, 1.82) is 0 Å². The molecule has 3 aliphatic heterocycles. The number of methoxy groups -OCH3 is 1. The number of ether oxygens (including phenoxy) is 4. The van der Waals surface area contributed by atoms with Gasteiger partial charge in [0.05, 0.1) is 38.3 Å². The summed E-state index contributed by atoms with van der Waals surface area (Å²) in [5.41, 5.74) is 9.90. The van der Waals surface area contributed by atoms with Crippen molar-refractivity contribution in [2.24, 2.45) is 5.92 Å². The number of aryl methyl sites for hydroxylation is 3. The van der Waals surface area contributed by atoms with Crippen LogP contribution in [0.2, 0.25) is 0 Å². The Hall–Kier alpha value is -6.08. The number of unbranched alkanes of at least 4 members (excludes halogenated alkanes) is 3. The molecule has 11 nitrogen and oxygen atoms in total. The molecule has 1 fully saturated rings. The van der Waals surface area contributed by atoms with Crippen molar-refractivity contribution in [3.63, 3.8) is 0 Å². The van der Waals surface area contributed by atoms with Crippen molar-refractivity contribution >= 4 is 16.6 Å². The van der Waals surface area contributed by atoms with Crippen molar-refractivity contribution in [2.75, 3.05) is 33.7 Å². The highest BCUT2D eigenvalue weighted by Gasteiger charge is 2.47. The first kappa shape index (κ1) is 48.5. The molecule has 10 rings (SSSR count). The van der Waals surface area contributed by atoms with Crippen molar-refractivity contribution in [1.82, 2.24) is 15.2 Å². The summed E-state index contributed by atoms with van der Waals surface area (Å²) in [5, 5.41) is 52.6. The second-order valence-corrected chi connectivity index (χ2v) is 20.2. The summed E-state index contributed by atoms with van der Waals surface area (Å²) in [6.07, 6.45) is 18.7. The Morgan fingerprint density at radius 1 is 0.831 bits per heavy atom. The monoisotopic (exact) mass is 960 g/mol. The van der Waals surface area contributed by atoms with E-state index in [-0.39, 0.29) is 41.5 Å². The van der Waals surface area contributed by atoms with Crippen molar-refractivity contribution in [3.05, 3.63) is 172 Å². The van der Waals surface area contributed by atoms with Crippen LogP contribution in [0, 0.1) is 5.92 Å². The van der Waals surface area contributed by atoms with Crippen LogP contribution in [0.25, 0.3) is 16.6 Å². The van der Waals surface area contributed by atoms with Crippen LogP contribution in [0.5, 0.6) is 23.0 Å². The normalized spacial score (nSPS) is 22.5. The number of phenols is 3. The Labute approximate surface area is 417 Å². The molecule has 6 N–H and O–H groups in total. The molecule has 5 atom stereocenters. The first-order chi connectivity index (χ1) is 34.7. The number of nitrogens with zero attached hydrogens (tertiary/aromatic N) is 1. The summed E-state index contributed by atoms with van der Waals surface area (Å²) >= 11 is 0. The fraction of sp³-hybridized carbons (Fsp3) is 0.400. The standard InChI is InChI=1S/C60H69N3O8/c1-68-39-61-58-24-19-44-36-70-52(13-5-3-2-4-9-40-16-22-55(66)45(27-40)28-42-10-8-12-50(64)29-42)33-51(65)21-15-41-17-23-56(67)57(30-41)71-37-47-32-49(31-46-34-63(35-53(46)47)59(44)62-58)60-25-26-69-38-48(60)20-18-43-11-6-7-14-54(43)60/h6-8,10-12,14,16-17,19,22-24,27,29-32,34-35,48,51-52,58,61-62,64-67H,2-5,9,13,15,18,20-21,25-26,28,33,36-39H2,1H3. The fourth-order valence-electron chi connectivity index (χ4n) is 11.7. The number of aliphatic hydroxyl groups excluding tert-OH is 1. The largest absolute Gasteiger partial charge is 0.508 e. The average Bonchev–Trinajstić information content (AvgIpc) is 3.83. The highest BCUT2D eigenvalue weighted by atomic mass is 16.5. The van der Waals surface area contributed by atoms with Gasteiger partial charge in [0.1, 0.15) is 23.9 Å². The third-order valence-electron chi connectivity index (χ3n) is 15.4. The van der Waals surface area contributed by atoms with E-state index in [2.05, 4.69) is 82.2 Å². The molecule has 4 aliphatic rings. The Balaban J connectivity index is 0.925. The molecule has 4 heterocycles. The van der Waals surface area contributed by atoms with Crippen molar-refractivity contribution in [2.45, 2.75) is 114 Å². The van der Waals surface area contributed by atoms with E-state index in [1.165, 1.54) is 22.3 Å². The molecule has 11 heteroatoms. The zero-order valence-electron chi connectivity index (χ0n) is 41.0. The minimum atomic E-state index is -0.585. The van der Waals surface area contributed by atoms with Gasteiger partial charge >= 0.3 is 0 Å². The zero-order valence-corrected chi connectivity index (χ0v) is 41.0. The van der Waals surface area contributed by atoms with E-state index in [0.717, 1.165) is 109 Å². The lowest BCUT2D eigenvalue weighted by molar-refractivity contribution is 0.00498. The lowest BCUT2D eigenvalue weighted by Gasteiger charge is -2.49. The van der Waals surface area contributed by atoms with E-state index in [0.29, 0.717) is 57.3 Å². The Morgan fingerprint density at radius 3 is 2.62 bits per heavy atom. The quantitative estimate of drug-likeness (QED) is 0.0489. The number of aliphatic hydroxyl groups is 1. The van der Waals surface area contributed by atoms with Gasteiger partial charge in [-0.3, -0.25) is 5.32 Å². The van der Waals surface area contributed by atoms with E-state index in [1.807, 2.05) is 30.3 Å². The topological polar surface area (TPSA) is 147 Å². The molecular formula is C60H69N3O8. The lowest BCUT2D eigenvalue weighted by Crippen LogP contribution is -2.47. The molecule has 4 bridgehead atoms. The maximum atomic E-state index is 11.6. The van der Waals surface area contributed by atoms with Crippen LogP contribution in [0.4, 0.5) is 0 Å². The summed E-state index contributed by atoms with van der Waals surface area (Å²) in [7, 11) is 1.68. The zero-order chi connectivity index (χ0) is 48.7. The number of nitrogens with one attached hydrogen (secondary N) is 2. The van der Waals surface area contributed by atoms with E-state index < -0.39 is 6.10 Å². The molecule has 5 unspecified atom stereocenters. The van der Waals surface area contributed by atoms with Crippen molar-refractivity contribution in [3.8, 4) is 23.0 Å². The van der Waals surface area contributed by atoms with E-state index in [9.17, 15) is 20.4 Å². The minimum Gasteiger partial charge on any atom is -0.508 e. The Kier molecular flexibility index (Phi) is 15.1. The number of aromatic hydroxyl groups is 3. The number of phenolic OH excluding ortho intramolecular Hbond substituents is 3. The molecule has 5 aromatic carbocycles. The van der Waals surface area contributed by atoms with Gasteiger partial charge in [0.25, 0.3) is 0 Å². The van der Waals surface area contributed by atoms with Crippen LogP contribution in [0.15, 0.2) is 127 Å². The highest BCUT2D eigenvalue weighted by molar-refractivity contribution is 5.88. The molecule has 6 aromatic rings. The fourth-order valence-corrected chi connectivity index (χ4v) is 11.7. The first-order valence-electron chi connectivity index (χ1n) is 25.8. The van der Waals surface area contributed by atoms with Crippen molar-refractivity contribution < 1.29 is 39.4 Å². The van der Waals surface area contributed by atoms with Gasteiger partial charge in [-0.15, -0.1) is 0 Å². The van der Waals surface area contributed by atoms with E-state index in [4.69, 9.17) is 18.9 Å². The first-order valence-corrected chi connectivity index (χ1v) is 25.8. The molecule has 71 heavy (non-hydrogen) atoms. The summed E-state index contributed by atoms with van der Waals surface area (Å²) in [4.78, 5) is 0. The third kappa shape index (κ3) is 11.1. The van der Waals surface area contributed by atoms with Gasteiger partial charge in [-0.2, -0.15) is 0 Å². The summed E-state index contributed by atoms with van der Waals surface area (Å²) in [6.45, 7) is 2.41. The van der Waals surface area contributed by atoms with Crippen LogP contribution < -0.4 is 15.4 Å². The average molecular weight is 960 g/mol. The summed E-state index contributed by atoms with van der Waals surface area (Å²) in [5.74, 6) is 2.25. The van der Waals surface area contributed by atoms with Gasteiger partial charge < -0.3 is 49.3 Å². The smallest absolute Gasteiger partial charge is 0.161 e. The molecule has 1 aromatic heterocycles. The van der Waals surface area contributed by atoms with Gasteiger partial charge in [0, 0.05) is 54.3 Å².